The van der Waals surface area contributed by atoms with Gasteiger partial charge < -0.3 is 10.1 Å². The molecule has 5 rings (SSSR count). The van der Waals surface area contributed by atoms with Crippen LogP contribution in [0.15, 0.2) is 57.3 Å². The monoisotopic (exact) mass is 512 g/mol. The number of anilines is 1. The van der Waals surface area contributed by atoms with Crippen molar-refractivity contribution in [3.63, 3.8) is 0 Å². The Hall–Kier alpha value is -3.15. The topological polar surface area (TPSA) is 131 Å². The molecule has 0 radical (unpaired) electrons. The molecule has 11 heteroatoms. The second kappa shape index (κ2) is 9.14. The fourth-order valence-corrected chi connectivity index (χ4v) is 6.27. The predicted molar refractivity (Wildman–Crippen MR) is 135 cm³/mol. The van der Waals surface area contributed by atoms with Crippen LogP contribution in [0.25, 0.3) is 5.57 Å². The molecular formula is C24H24N4O5S2. The number of nitrogens with one attached hydrogen (secondary N) is 1. The van der Waals surface area contributed by atoms with Gasteiger partial charge in [0.05, 0.1) is 28.2 Å². The van der Waals surface area contributed by atoms with Gasteiger partial charge in [0, 0.05) is 17.3 Å². The van der Waals surface area contributed by atoms with Crippen molar-refractivity contribution in [2.24, 2.45) is 10.1 Å². The van der Waals surface area contributed by atoms with Crippen LogP contribution in [-0.4, -0.2) is 43.5 Å². The molecule has 0 atom stereocenters. The quantitative estimate of drug-likeness (QED) is 0.602. The average Bonchev–Trinajstić information content (AvgIpc) is 3.33. The molecule has 1 aliphatic carbocycles. The van der Waals surface area contributed by atoms with E-state index in [9.17, 15) is 18.0 Å². The van der Waals surface area contributed by atoms with E-state index in [0.717, 1.165) is 43.9 Å². The van der Waals surface area contributed by atoms with E-state index >= 15 is 0 Å². The first-order chi connectivity index (χ1) is 16.8. The fraction of sp³-hybridized carbons (Fsp3) is 0.292. The van der Waals surface area contributed by atoms with Gasteiger partial charge in [-0.25, -0.2) is 18.5 Å². The summed E-state index contributed by atoms with van der Waals surface area (Å²) in [4.78, 5) is 33.4. The molecule has 3 N–H and O–H groups in total. The molecule has 0 bridgehead atoms. The smallest absolute Gasteiger partial charge is 0.267 e. The zero-order chi connectivity index (χ0) is 24.7. The first kappa shape index (κ1) is 23.6. The summed E-state index contributed by atoms with van der Waals surface area (Å²) in [5.41, 5.74) is 2.04. The molecule has 2 amide bonds. The Morgan fingerprint density at radius 3 is 2.46 bits per heavy atom. The first-order valence-electron chi connectivity index (χ1n) is 11.2. The van der Waals surface area contributed by atoms with E-state index in [1.165, 1.54) is 12.1 Å². The first-order valence-corrected chi connectivity index (χ1v) is 13.6. The molecule has 2 aliphatic heterocycles. The fourth-order valence-electron chi connectivity index (χ4n) is 4.60. The second-order valence-electron chi connectivity index (χ2n) is 8.57. The van der Waals surface area contributed by atoms with Crippen LogP contribution in [0.5, 0.6) is 5.75 Å². The molecule has 2 heterocycles. The zero-order valence-corrected chi connectivity index (χ0v) is 20.6. The Kier molecular flexibility index (Phi) is 6.16. The summed E-state index contributed by atoms with van der Waals surface area (Å²) in [5.74, 6) is -0.00384. The number of thioether (sulfide) groups is 1. The van der Waals surface area contributed by atoms with Gasteiger partial charge in [-0.15, -0.1) is 0 Å². The van der Waals surface area contributed by atoms with Crippen LogP contribution in [0.4, 0.5) is 11.4 Å². The van der Waals surface area contributed by atoms with Crippen molar-refractivity contribution in [3.8, 4) is 5.75 Å². The van der Waals surface area contributed by atoms with Gasteiger partial charge in [-0.1, -0.05) is 19.3 Å². The van der Waals surface area contributed by atoms with Gasteiger partial charge in [-0.3, -0.25) is 14.5 Å². The highest BCUT2D eigenvalue weighted by molar-refractivity contribution is 8.18. The van der Waals surface area contributed by atoms with E-state index in [1.54, 1.807) is 42.3 Å². The third kappa shape index (κ3) is 4.46. The zero-order valence-electron chi connectivity index (χ0n) is 19.0. The summed E-state index contributed by atoms with van der Waals surface area (Å²) in [7, 11) is -2.28. The van der Waals surface area contributed by atoms with Crippen molar-refractivity contribution in [1.82, 2.24) is 4.90 Å². The lowest BCUT2D eigenvalue weighted by atomic mass is 9.94. The lowest BCUT2D eigenvalue weighted by molar-refractivity contribution is -0.124. The van der Waals surface area contributed by atoms with Crippen LogP contribution >= 0.6 is 11.8 Å². The Morgan fingerprint density at radius 1 is 1.09 bits per heavy atom. The highest BCUT2D eigenvalue weighted by Crippen LogP contribution is 2.45. The van der Waals surface area contributed by atoms with Crippen molar-refractivity contribution in [3.05, 3.63) is 52.9 Å². The number of fused-ring (bicyclic) bond motifs is 1. The summed E-state index contributed by atoms with van der Waals surface area (Å²) in [6.45, 7) is 0. The van der Waals surface area contributed by atoms with Gasteiger partial charge in [0.1, 0.15) is 5.75 Å². The lowest BCUT2D eigenvalue weighted by Gasteiger charge is -2.30. The number of ether oxygens (including phenoxy) is 1. The largest absolute Gasteiger partial charge is 0.497 e. The number of aliphatic imine (C=N–C) groups is 1. The minimum atomic E-state index is -3.82. The van der Waals surface area contributed by atoms with Gasteiger partial charge in [-0.05, 0) is 67.1 Å². The standard InChI is InChI=1S/C24H24N4O5S2/c1-33-16-9-12-19-18(13-16)20(22(29)27-19)21-23(30)28(15-5-3-2-4-6-15)24(34-21)26-14-7-10-17(11-8-14)35(25,31)32/h7-13,15H,2-6H2,1H3,(H,27,29)(H2,25,31,32)/b21-20-,26-24-. The van der Waals surface area contributed by atoms with Crippen molar-refractivity contribution < 1.29 is 22.7 Å². The molecule has 35 heavy (non-hydrogen) atoms. The number of hydrogen-bond donors (Lipinski definition) is 2. The van der Waals surface area contributed by atoms with Crippen LogP contribution in [0.1, 0.15) is 37.7 Å². The summed E-state index contributed by atoms with van der Waals surface area (Å²) >= 11 is 1.16. The molecule has 1 saturated carbocycles. The number of hydrogen-bond acceptors (Lipinski definition) is 7. The normalized spacial score (nSPS) is 22.0. The van der Waals surface area contributed by atoms with Crippen LogP contribution in [-0.2, 0) is 19.6 Å². The van der Waals surface area contributed by atoms with Crippen LogP contribution in [0.3, 0.4) is 0 Å². The minimum absolute atomic E-state index is 0.0152. The lowest BCUT2D eigenvalue weighted by Crippen LogP contribution is -2.40. The number of amides is 2. The summed E-state index contributed by atoms with van der Waals surface area (Å²) in [5, 5.41) is 8.50. The number of methoxy groups -OCH3 is 1. The predicted octanol–water partition coefficient (Wildman–Crippen LogP) is 3.60. The number of rotatable bonds is 4. The molecule has 1 saturated heterocycles. The van der Waals surface area contributed by atoms with Crippen LogP contribution in [0, 0.1) is 0 Å². The third-order valence-electron chi connectivity index (χ3n) is 6.34. The highest BCUT2D eigenvalue weighted by atomic mass is 32.2. The molecule has 2 fully saturated rings. The summed E-state index contributed by atoms with van der Waals surface area (Å²) < 4.78 is 28.5. The SMILES string of the molecule is COc1ccc2c(c1)/C(=C1/S/C(=N\c3ccc(S(N)(=O)=O)cc3)N(C3CCCCC3)C1=O)C(=O)N2. The van der Waals surface area contributed by atoms with Gasteiger partial charge >= 0.3 is 0 Å². The van der Waals surface area contributed by atoms with Crippen molar-refractivity contribution in [2.75, 3.05) is 12.4 Å². The van der Waals surface area contributed by atoms with Gasteiger partial charge in [0.15, 0.2) is 5.17 Å². The number of nitrogens with zero attached hydrogens (tertiary/aromatic N) is 2. The summed E-state index contributed by atoms with van der Waals surface area (Å²) in [6.07, 6.45) is 4.87. The molecule has 3 aliphatic rings. The van der Waals surface area contributed by atoms with Gasteiger partial charge in [0.25, 0.3) is 11.8 Å². The van der Waals surface area contributed by atoms with E-state index in [4.69, 9.17) is 9.88 Å². The highest BCUT2D eigenvalue weighted by Gasteiger charge is 2.43. The maximum absolute atomic E-state index is 13.7. The Balaban J connectivity index is 1.59. The molecule has 2 aromatic rings. The average molecular weight is 513 g/mol. The van der Waals surface area contributed by atoms with E-state index < -0.39 is 10.0 Å². The van der Waals surface area contributed by atoms with E-state index in [0.29, 0.717) is 38.3 Å². The van der Waals surface area contributed by atoms with Gasteiger partial charge in [-0.2, -0.15) is 0 Å². The number of carbonyl (C=O) groups is 2. The Labute approximate surface area is 207 Å². The number of amidine groups is 1. The third-order valence-corrected chi connectivity index (χ3v) is 8.32. The number of nitrogens with two attached hydrogens (primary N) is 1. The van der Waals surface area contributed by atoms with E-state index in [2.05, 4.69) is 10.3 Å². The molecule has 0 unspecified atom stereocenters. The maximum atomic E-state index is 13.7. The van der Waals surface area contributed by atoms with Crippen molar-refractivity contribution >= 4 is 55.7 Å². The van der Waals surface area contributed by atoms with Crippen LogP contribution in [0.2, 0.25) is 0 Å². The van der Waals surface area contributed by atoms with E-state index in [1.807, 2.05) is 0 Å². The number of primary sulfonamides is 1. The molecule has 182 valence electrons. The molecule has 0 spiro atoms. The van der Waals surface area contributed by atoms with E-state index in [-0.39, 0.29) is 22.8 Å². The number of carbonyl (C=O) groups excluding carboxylic acids is 2. The van der Waals surface area contributed by atoms with Crippen LogP contribution < -0.4 is 15.2 Å². The molecule has 2 aromatic carbocycles. The maximum Gasteiger partial charge on any atom is 0.267 e. The number of benzene rings is 2. The Morgan fingerprint density at radius 2 is 1.80 bits per heavy atom. The second-order valence-corrected chi connectivity index (χ2v) is 11.1. The minimum Gasteiger partial charge on any atom is -0.497 e. The van der Waals surface area contributed by atoms with Crippen molar-refractivity contribution in [2.45, 2.75) is 43.0 Å². The summed E-state index contributed by atoms with van der Waals surface area (Å²) in [6, 6.07) is 11.1. The van der Waals surface area contributed by atoms with Gasteiger partial charge in [0.2, 0.25) is 10.0 Å². The Bertz CT molecular complexity index is 1380. The van der Waals surface area contributed by atoms with Crippen molar-refractivity contribution in [1.29, 1.82) is 0 Å². The molecule has 9 nitrogen and oxygen atoms in total. The molecule has 0 aromatic heterocycles. The number of sulfonamides is 1. The molecular weight excluding hydrogens is 488 g/mol.